The minimum atomic E-state index is -0.878. The van der Waals surface area contributed by atoms with Gasteiger partial charge >= 0.3 is 12.1 Å². The van der Waals surface area contributed by atoms with Gasteiger partial charge in [0.2, 0.25) is 0 Å². The molecule has 2 N–H and O–H groups in total. The minimum Gasteiger partial charge on any atom is -0.481 e. The van der Waals surface area contributed by atoms with Crippen molar-refractivity contribution in [1.82, 2.24) is 5.32 Å². The average Bonchev–Trinajstić information content (AvgIpc) is 3.46. The van der Waals surface area contributed by atoms with E-state index in [1.807, 2.05) is 24.3 Å². The molecule has 3 aliphatic rings. The molecule has 156 valence electrons. The van der Waals surface area contributed by atoms with Crippen molar-refractivity contribution in [3.63, 3.8) is 0 Å². The van der Waals surface area contributed by atoms with E-state index < -0.39 is 12.1 Å². The van der Waals surface area contributed by atoms with E-state index in [1.54, 1.807) is 0 Å². The Kier molecular flexibility index (Phi) is 4.97. The fourth-order valence-corrected chi connectivity index (χ4v) is 5.57. The topological polar surface area (TPSA) is 75.6 Å². The summed E-state index contributed by atoms with van der Waals surface area (Å²) in [5.74, 6) is 0.913. The second-order valence-electron chi connectivity index (χ2n) is 9.00. The highest BCUT2D eigenvalue weighted by Gasteiger charge is 2.44. The lowest BCUT2D eigenvalue weighted by Gasteiger charge is -2.29. The Morgan fingerprint density at radius 2 is 1.63 bits per heavy atom. The maximum absolute atomic E-state index is 12.6. The number of carbonyl (C=O) groups is 2. The van der Waals surface area contributed by atoms with Gasteiger partial charge in [0.1, 0.15) is 6.61 Å². The number of aliphatic carboxylic acids is 1. The number of hydrogen-bond donors (Lipinski definition) is 2. The number of fused-ring (bicyclic) bond motifs is 4. The van der Waals surface area contributed by atoms with Crippen molar-refractivity contribution in [2.24, 2.45) is 17.8 Å². The maximum Gasteiger partial charge on any atom is 0.407 e. The zero-order chi connectivity index (χ0) is 20.7. The van der Waals surface area contributed by atoms with Crippen LogP contribution in [0.25, 0.3) is 11.1 Å². The predicted octanol–water partition coefficient (Wildman–Crippen LogP) is 4.80. The van der Waals surface area contributed by atoms with Gasteiger partial charge in [0.25, 0.3) is 0 Å². The normalized spacial score (nSPS) is 24.9. The highest BCUT2D eigenvalue weighted by atomic mass is 16.5. The first-order valence-electron chi connectivity index (χ1n) is 10.9. The third-order valence-electron chi connectivity index (χ3n) is 7.19. The molecule has 0 saturated heterocycles. The van der Waals surface area contributed by atoms with Crippen LogP contribution in [0.5, 0.6) is 0 Å². The monoisotopic (exact) mass is 405 g/mol. The van der Waals surface area contributed by atoms with Crippen molar-refractivity contribution in [1.29, 1.82) is 0 Å². The lowest BCUT2D eigenvalue weighted by atomic mass is 9.82. The zero-order valence-corrected chi connectivity index (χ0v) is 16.9. The molecule has 0 aromatic heterocycles. The molecule has 0 bridgehead atoms. The van der Waals surface area contributed by atoms with Gasteiger partial charge in [-0.2, -0.15) is 0 Å². The Hall–Kier alpha value is -2.82. The number of ether oxygens (including phenoxy) is 1. The van der Waals surface area contributed by atoms with E-state index >= 15 is 0 Å². The first kappa shape index (κ1) is 19.2. The molecule has 2 fully saturated rings. The Morgan fingerprint density at radius 3 is 2.27 bits per heavy atom. The van der Waals surface area contributed by atoms with Crippen LogP contribution in [0.15, 0.2) is 48.5 Å². The molecule has 2 aromatic carbocycles. The van der Waals surface area contributed by atoms with Gasteiger partial charge in [0.05, 0.1) is 6.42 Å². The second kappa shape index (κ2) is 7.78. The first-order chi connectivity index (χ1) is 14.6. The van der Waals surface area contributed by atoms with Crippen molar-refractivity contribution < 1.29 is 19.4 Å². The maximum atomic E-state index is 12.6. The van der Waals surface area contributed by atoms with E-state index in [-0.39, 0.29) is 30.9 Å². The smallest absolute Gasteiger partial charge is 0.407 e. The van der Waals surface area contributed by atoms with Gasteiger partial charge in [-0.3, -0.25) is 4.79 Å². The van der Waals surface area contributed by atoms with Gasteiger partial charge in [-0.1, -0.05) is 48.5 Å². The number of carboxylic acid groups (broad SMARTS) is 1. The molecular formula is C25H27NO4. The van der Waals surface area contributed by atoms with Gasteiger partial charge in [0.15, 0.2) is 0 Å². The van der Waals surface area contributed by atoms with Crippen LogP contribution >= 0.6 is 0 Å². The summed E-state index contributed by atoms with van der Waals surface area (Å²) in [5, 5.41) is 12.2. The average molecular weight is 405 g/mol. The lowest BCUT2D eigenvalue weighted by Crippen LogP contribution is -2.43. The quantitative estimate of drug-likeness (QED) is 0.724. The van der Waals surface area contributed by atoms with Crippen molar-refractivity contribution in [3.8, 4) is 11.1 Å². The van der Waals surface area contributed by atoms with Crippen molar-refractivity contribution in [2.75, 3.05) is 6.61 Å². The number of alkyl carbamates (subject to hydrolysis) is 1. The van der Waals surface area contributed by atoms with Gasteiger partial charge in [-0.15, -0.1) is 0 Å². The molecule has 2 aromatic rings. The Balaban J connectivity index is 1.25. The van der Waals surface area contributed by atoms with Crippen LogP contribution in [-0.4, -0.2) is 29.8 Å². The summed E-state index contributed by atoms with van der Waals surface area (Å²) in [6, 6.07) is 16.1. The summed E-state index contributed by atoms with van der Waals surface area (Å²) >= 11 is 0. The minimum absolute atomic E-state index is 0.00276. The van der Waals surface area contributed by atoms with Crippen LogP contribution in [0, 0.1) is 17.8 Å². The largest absolute Gasteiger partial charge is 0.481 e. The van der Waals surface area contributed by atoms with Gasteiger partial charge in [-0.05, 0) is 65.7 Å². The second-order valence-corrected chi connectivity index (χ2v) is 9.00. The third kappa shape index (κ3) is 3.69. The van der Waals surface area contributed by atoms with Crippen molar-refractivity contribution >= 4 is 12.1 Å². The Morgan fingerprint density at radius 1 is 0.967 bits per heavy atom. The van der Waals surface area contributed by atoms with Crippen LogP contribution < -0.4 is 5.32 Å². The van der Waals surface area contributed by atoms with E-state index in [2.05, 4.69) is 29.6 Å². The molecular weight excluding hydrogens is 378 g/mol. The summed E-state index contributed by atoms with van der Waals surface area (Å²) in [6.07, 6.45) is 3.86. The van der Waals surface area contributed by atoms with Crippen molar-refractivity contribution in [3.05, 3.63) is 59.7 Å². The van der Waals surface area contributed by atoms with Gasteiger partial charge in [-0.25, -0.2) is 4.79 Å². The van der Waals surface area contributed by atoms with Crippen LogP contribution in [0.2, 0.25) is 0 Å². The van der Waals surface area contributed by atoms with Crippen molar-refractivity contribution in [2.45, 2.75) is 44.1 Å². The fourth-order valence-electron chi connectivity index (χ4n) is 5.57. The molecule has 0 spiro atoms. The number of benzene rings is 2. The number of carbonyl (C=O) groups excluding carboxylic acids is 1. The number of amides is 1. The third-order valence-corrected chi connectivity index (χ3v) is 7.19. The van der Waals surface area contributed by atoms with E-state index in [0.29, 0.717) is 0 Å². The molecule has 5 rings (SSSR count). The molecule has 4 unspecified atom stereocenters. The van der Waals surface area contributed by atoms with Crippen LogP contribution in [0.3, 0.4) is 0 Å². The Labute approximate surface area is 176 Å². The summed E-state index contributed by atoms with van der Waals surface area (Å²) in [6.45, 7) is 0.245. The zero-order valence-electron chi connectivity index (χ0n) is 16.9. The fraction of sp³-hybridized carbons (Fsp3) is 0.440. The molecule has 3 aliphatic carbocycles. The SMILES string of the molecule is O=C(O)CC(NC(=O)OCC1c2ccccc2-c2ccccc21)C1CCC2CC2C1. The standard InChI is InChI=1S/C25H27NO4/c27-24(28)13-23(16-10-9-15-11-17(15)12-16)26-25(29)30-14-22-20-7-3-1-5-18(20)19-6-2-4-8-21(19)22/h1-8,15-17,22-23H,9-14H2,(H,26,29)(H,27,28). The highest BCUT2D eigenvalue weighted by molar-refractivity contribution is 5.79. The molecule has 4 atom stereocenters. The Bertz CT molecular complexity index is 926. The van der Waals surface area contributed by atoms with Crippen LogP contribution in [0.4, 0.5) is 4.79 Å². The molecule has 30 heavy (non-hydrogen) atoms. The molecule has 5 heteroatoms. The predicted molar refractivity (Wildman–Crippen MR) is 113 cm³/mol. The molecule has 2 saturated carbocycles. The molecule has 0 radical (unpaired) electrons. The molecule has 5 nitrogen and oxygen atoms in total. The number of carboxylic acids is 1. The summed E-state index contributed by atoms with van der Waals surface area (Å²) in [7, 11) is 0. The summed E-state index contributed by atoms with van der Waals surface area (Å²) < 4.78 is 5.64. The molecule has 1 amide bonds. The lowest BCUT2D eigenvalue weighted by molar-refractivity contribution is -0.137. The number of rotatable bonds is 6. The van der Waals surface area contributed by atoms with E-state index in [0.717, 1.165) is 31.1 Å². The van der Waals surface area contributed by atoms with Crippen LogP contribution in [-0.2, 0) is 9.53 Å². The van der Waals surface area contributed by atoms with E-state index in [9.17, 15) is 14.7 Å². The van der Waals surface area contributed by atoms with E-state index in [4.69, 9.17) is 4.74 Å². The molecule has 0 aliphatic heterocycles. The molecule has 0 heterocycles. The first-order valence-corrected chi connectivity index (χ1v) is 10.9. The summed E-state index contributed by atoms with van der Waals surface area (Å²) in [5.41, 5.74) is 4.71. The van der Waals surface area contributed by atoms with Gasteiger partial charge in [0, 0.05) is 12.0 Å². The van der Waals surface area contributed by atoms with E-state index in [1.165, 1.54) is 28.7 Å². The number of nitrogens with one attached hydrogen (secondary N) is 1. The number of hydrogen-bond acceptors (Lipinski definition) is 3. The summed E-state index contributed by atoms with van der Waals surface area (Å²) in [4.78, 5) is 24.0. The van der Waals surface area contributed by atoms with Crippen LogP contribution in [0.1, 0.15) is 49.1 Å². The highest BCUT2D eigenvalue weighted by Crippen LogP contribution is 2.52. The van der Waals surface area contributed by atoms with Gasteiger partial charge < -0.3 is 15.2 Å².